The fourth-order valence-corrected chi connectivity index (χ4v) is 2.94. The van der Waals surface area contributed by atoms with Crippen LogP contribution < -0.4 is 0 Å². The molecule has 0 saturated carbocycles. The predicted molar refractivity (Wildman–Crippen MR) is 85.8 cm³/mol. The summed E-state index contributed by atoms with van der Waals surface area (Å²) in [7, 11) is 0. The second kappa shape index (κ2) is 8.19. The first kappa shape index (κ1) is 17.7. The molecule has 2 nitrogen and oxygen atoms in total. The molecule has 0 heterocycles. The molecule has 0 radical (unpaired) electrons. The maximum atomic E-state index is 6.07. The molecule has 0 N–H and O–H groups in total. The Hall–Kier alpha value is -0.340. The van der Waals surface area contributed by atoms with Gasteiger partial charge in [-0.3, -0.25) is 0 Å². The average molecular weight is 282 g/mol. The molecule has 0 amide bonds. The van der Waals surface area contributed by atoms with Crippen LogP contribution in [-0.4, -0.2) is 19.5 Å². The van der Waals surface area contributed by atoms with Gasteiger partial charge in [0.25, 0.3) is 0 Å². The highest BCUT2D eigenvalue weighted by Gasteiger charge is 2.39. The molecule has 2 heteroatoms. The summed E-state index contributed by atoms with van der Waals surface area (Å²) in [5, 5.41) is 0. The predicted octanol–water partition coefficient (Wildman–Crippen LogP) is 5.33. The van der Waals surface area contributed by atoms with Gasteiger partial charge in [0, 0.05) is 19.1 Å². The lowest BCUT2D eigenvalue weighted by molar-refractivity contribution is -0.168. The van der Waals surface area contributed by atoms with Gasteiger partial charge in [-0.05, 0) is 38.5 Å². The zero-order chi connectivity index (χ0) is 15.2. The van der Waals surface area contributed by atoms with Crippen LogP contribution in [0.25, 0.3) is 0 Å². The van der Waals surface area contributed by atoms with Crippen LogP contribution in [0.1, 0.15) is 73.6 Å². The largest absolute Gasteiger partial charge is 0.352 e. The number of allylic oxidation sites excluding steroid dienone is 1. The second-order valence-corrected chi connectivity index (χ2v) is 6.82. The smallest absolute Gasteiger partial charge is 0.164 e. The molecule has 20 heavy (non-hydrogen) atoms. The molecule has 1 aliphatic carbocycles. The van der Waals surface area contributed by atoms with E-state index in [2.05, 4.69) is 41.5 Å². The highest BCUT2D eigenvalue weighted by atomic mass is 16.7. The normalized spacial score (nSPS) is 22.1. The Kier molecular flexibility index (Phi) is 7.25. The fourth-order valence-electron chi connectivity index (χ4n) is 2.94. The molecule has 0 bridgehead atoms. The second-order valence-electron chi connectivity index (χ2n) is 6.82. The standard InChI is InChI=1S/C18H34O2/c1-7-9-11-19-17(20-12-10-8-2)16-13-18(5,6)15(4)14(16)3/h16-17H,7-13H2,1-6H3. The number of ether oxygens (including phenoxy) is 2. The molecular formula is C18H34O2. The van der Waals surface area contributed by atoms with E-state index < -0.39 is 0 Å². The van der Waals surface area contributed by atoms with Gasteiger partial charge in [0.1, 0.15) is 0 Å². The summed E-state index contributed by atoms with van der Waals surface area (Å²) in [4.78, 5) is 0. The van der Waals surface area contributed by atoms with Crippen molar-refractivity contribution in [3.63, 3.8) is 0 Å². The van der Waals surface area contributed by atoms with E-state index in [4.69, 9.17) is 9.47 Å². The van der Waals surface area contributed by atoms with E-state index in [1.165, 1.54) is 24.0 Å². The van der Waals surface area contributed by atoms with E-state index >= 15 is 0 Å². The van der Waals surface area contributed by atoms with Gasteiger partial charge in [-0.2, -0.15) is 0 Å². The van der Waals surface area contributed by atoms with Crippen molar-refractivity contribution in [2.75, 3.05) is 13.2 Å². The van der Waals surface area contributed by atoms with Crippen molar-refractivity contribution >= 4 is 0 Å². The Labute approximate surface area is 125 Å². The first-order valence-electron chi connectivity index (χ1n) is 8.35. The van der Waals surface area contributed by atoms with Gasteiger partial charge < -0.3 is 9.47 Å². The molecular weight excluding hydrogens is 248 g/mol. The lowest BCUT2D eigenvalue weighted by atomic mass is 9.85. The quantitative estimate of drug-likeness (QED) is 0.323. The fraction of sp³-hybridized carbons (Fsp3) is 0.889. The Morgan fingerprint density at radius 3 is 1.90 bits per heavy atom. The molecule has 118 valence electrons. The summed E-state index contributed by atoms with van der Waals surface area (Å²) in [6, 6.07) is 0. The lowest BCUT2D eigenvalue weighted by Gasteiger charge is -2.27. The third-order valence-corrected chi connectivity index (χ3v) is 4.78. The first-order valence-corrected chi connectivity index (χ1v) is 8.35. The summed E-state index contributed by atoms with van der Waals surface area (Å²) in [6.07, 6.45) is 5.67. The molecule has 0 aromatic heterocycles. The summed E-state index contributed by atoms with van der Waals surface area (Å²) in [6.45, 7) is 15.2. The Bertz CT molecular complexity index is 307. The third-order valence-electron chi connectivity index (χ3n) is 4.78. The van der Waals surface area contributed by atoms with Crippen LogP contribution in [-0.2, 0) is 9.47 Å². The molecule has 0 aliphatic heterocycles. The highest BCUT2D eigenvalue weighted by Crippen LogP contribution is 2.47. The third kappa shape index (κ3) is 4.60. The molecule has 1 rings (SSSR count). The van der Waals surface area contributed by atoms with Crippen LogP contribution in [0.4, 0.5) is 0 Å². The van der Waals surface area contributed by atoms with Crippen molar-refractivity contribution in [2.24, 2.45) is 11.3 Å². The molecule has 0 spiro atoms. The SMILES string of the molecule is CCCCOC(OCCCC)C1CC(C)(C)C(C)=C1C. The van der Waals surface area contributed by atoms with Crippen LogP contribution in [0.2, 0.25) is 0 Å². The molecule has 0 fully saturated rings. The van der Waals surface area contributed by atoms with E-state index in [0.717, 1.165) is 32.5 Å². The van der Waals surface area contributed by atoms with E-state index in [1.807, 2.05) is 0 Å². The van der Waals surface area contributed by atoms with Crippen molar-refractivity contribution in [1.82, 2.24) is 0 Å². The van der Waals surface area contributed by atoms with Gasteiger partial charge in [0.05, 0.1) is 0 Å². The maximum absolute atomic E-state index is 6.07. The summed E-state index contributed by atoms with van der Waals surface area (Å²) < 4.78 is 12.1. The number of rotatable bonds is 9. The van der Waals surface area contributed by atoms with E-state index in [-0.39, 0.29) is 11.7 Å². The Morgan fingerprint density at radius 2 is 1.55 bits per heavy atom. The highest BCUT2D eigenvalue weighted by molar-refractivity contribution is 5.26. The lowest BCUT2D eigenvalue weighted by Crippen LogP contribution is -2.29. The maximum Gasteiger partial charge on any atom is 0.164 e. The minimum atomic E-state index is -0.0511. The van der Waals surface area contributed by atoms with E-state index in [0.29, 0.717) is 5.92 Å². The summed E-state index contributed by atoms with van der Waals surface area (Å²) in [5.74, 6) is 0.429. The summed E-state index contributed by atoms with van der Waals surface area (Å²) in [5.41, 5.74) is 3.29. The molecule has 0 aromatic carbocycles. The summed E-state index contributed by atoms with van der Waals surface area (Å²) >= 11 is 0. The molecule has 1 unspecified atom stereocenters. The van der Waals surface area contributed by atoms with Gasteiger partial charge in [0.2, 0.25) is 0 Å². The first-order chi connectivity index (χ1) is 9.44. The van der Waals surface area contributed by atoms with Crippen LogP contribution in [0.5, 0.6) is 0 Å². The molecule has 1 atom stereocenters. The van der Waals surface area contributed by atoms with E-state index in [1.54, 1.807) is 0 Å². The zero-order valence-electron chi connectivity index (χ0n) is 14.4. The minimum absolute atomic E-state index is 0.0511. The van der Waals surface area contributed by atoms with Gasteiger partial charge in [-0.25, -0.2) is 0 Å². The van der Waals surface area contributed by atoms with Crippen molar-refractivity contribution < 1.29 is 9.47 Å². The van der Waals surface area contributed by atoms with Crippen LogP contribution in [0.3, 0.4) is 0 Å². The van der Waals surface area contributed by atoms with Crippen molar-refractivity contribution in [2.45, 2.75) is 79.9 Å². The number of hydrogen-bond acceptors (Lipinski definition) is 2. The Morgan fingerprint density at radius 1 is 1.05 bits per heavy atom. The van der Waals surface area contributed by atoms with Crippen LogP contribution >= 0.6 is 0 Å². The topological polar surface area (TPSA) is 18.5 Å². The zero-order valence-corrected chi connectivity index (χ0v) is 14.4. The van der Waals surface area contributed by atoms with Crippen LogP contribution in [0, 0.1) is 11.3 Å². The van der Waals surface area contributed by atoms with Crippen molar-refractivity contribution in [3.05, 3.63) is 11.1 Å². The Balaban J connectivity index is 2.67. The minimum Gasteiger partial charge on any atom is -0.352 e. The van der Waals surface area contributed by atoms with Crippen LogP contribution in [0.15, 0.2) is 11.1 Å². The molecule has 0 aromatic rings. The van der Waals surface area contributed by atoms with Crippen molar-refractivity contribution in [3.8, 4) is 0 Å². The van der Waals surface area contributed by atoms with Crippen molar-refractivity contribution in [1.29, 1.82) is 0 Å². The van der Waals surface area contributed by atoms with Gasteiger partial charge in [-0.1, -0.05) is 51.7 Å². The van der Waals surface area contributed by atoms with Gasteiger partial charge in [0.15, 0.2) is 6.29 Å². The number of hydrogen-bond donors (Lipinski definition) is 0. The molecule has 0 saturated heterocycles. The van der Waals surface area contributed by atoms with Gasteiger partial charge in [-0.15, -0.1) is 0 Å². The van der Waals surface area contributed by atoms with Gasteiger partial charge >= 0.3 is 0 Å². The number of unbranched alkanes of at least 4 members (excludes halogenated alkanes) is 2. The average Bonchev–Trinajstić information content (AvgIpc) is 2.61. The molecule has 1 aliphatic rings. The monoisotopic (exact) mass is 282 g/mol. The van der Waals surface area contributed by atoms with E-state index in [9.17, 15) is 0 Å².